The number of aliphatic hydroxyl groups is 1. The van der Waals surface area contributed by atoms with Crippen molar-refractivity contribution in [2.24, 2.45) is 0 Å². The van der Waals surface area contributed by atoms with Crippen LogP contribution in [0.25, 0.3) is 0 Å². The number of hydrogen-bond donors (Lipinski definition) is 2. The van der Waals surface area contributed by atoms with E-state index in [-0.39, 0.29) is 23.3 Å². The van der Waals surface area contributed by atoms with Crippen molar-refractivity contribution in [2.75, 3.05) is 0 Å². The molecule has 3 rings (SSSR count). The number of hydrogen-bond acceptors (Lipinski definition) is 3. The minimum Gasteiger partial charge on any atom is -0.403 e. The number of rotatable bonds is 7. The number of aromatic amines is 1. The van der Waals surface area contributed by atoms with Crippen LogP contribution in [-0.2, 0) is 17.6 Å². The quantitative estimate of drug-likeness (QED) is 0.589. The molecule has 0 amide bonds. The average Bonchev–Trinajstić information content (AvgIpc) is 3.05. The zero-order valence-corrected chi connectivity index (χ0v) is 18.6. The monoisotopic (exact) mass is 410 g/mol. The number of aromatic nitrogens is 2. The van der Waals surface area contributed by atoms with Crippen molar-refractivity contribution in [3.8, 4) is 0 Å². The van der Waals surface area contributed by atoms with Crippen molar-refractivity contribution < 1.29 is 9.53 Å². The maximum atomic E-state index is 11.7. The molecule has 0 radical (unpaired) electrons. The lowest BCUT2D eigenvalue weighted by molar-refractivity contribution is 0.174. The van der Waals surface area contributed by atoms with Gasteiger partial charge in [-0.2, -0.15) is 0 Å². The highest BCUT2D eigenvalue weighted by Gasteiger charge is 2.51. The van der Waals surface area contributed by atoms with Gasteiger partial charge in [0, 0.05) is 6.07 Å². The summed E-state index contributed by atoms with van der Waals surface area (Å²) in [4.78, 5) is 11.7. The Hall–Kier alpha value is -2.41. The molecule has 2 N–H and O–H groups in total. The third-order valence-electron chi connectivity index (χ3n) is 5.29. The Balaban J connectivity index is 2.06. The maximum absolute atomic E-state index is 11.7. The van der Waals surface area contributed by atoms with Crippen molar-refractivity contribution in [1.29, 1.82) is 0 Å². The van der Waals surface area contributed by atoms with E-state index in [0.29, 0.717) is 12.2 Å². The van der Waals surface area contributed by atoms with E-state index < -0.39 is 8.32 Å². The van der Waals surface area contributed by atoms with Gasteiger partial charge in [0.05, 0.1) is 24.9 Å². The molecule has 3 aromatic rings. The Labute approximate surface area is 173 Å². The SMILES string of the molecule is C[C@@H](Cn1[nH]c(=O)cc1CO)O[Si](c1ccccc1)(c1ccccc1)C(C)(C)C. The van der Waals surface area contributed by atoms with E-state index in [4.69, 9.17) is 4.43 Å². The fourth-order valence-electron chi connectivity index (χ4n) is 4.05. The van der Waals surface area contributed by atoms with E-state index in [2.05, 4.69) is 74.4 Å². The standard InChI is InChI=1S/C23H30N2O3Si/c1-18(16-25-19(17-26)15-22(27)24-25)28-29(23(2,3)4,20-11-7-5-8-12-20)21-13-9-6-10-14-21/h5-15,18,26H,16-17H2,1-4H3,(H,24,27)/t18-/m0/s1. The summed E-state index contributed by atoms with van der Waals surface area (Å²) in [6.07, 6.45) is -0.172. The lowest BCUT2D eigenvalue weighted by Crippen LogP contribution is -2.67. The number of H-pyrrole nitrogens is 1. The third kappa shape index (κ3) is 4.29. The van der Waals surface area contributed by atoms with Gasteiger partial charge in [0.15, 0.2) is 0 Å². The minimum absolute atomic E-state index is 0.117. The Morgan fingerprint density at radius 1 is 1.03 bits per heavy atom. The van der Waals surface area contributed by atoms with Crippen LogP contribution in [0.3, 0.4) is 0 Å². The molecule has 29 heavy (non-hydrogen) atoms. The van der Waals surface area contributed by atoms with Gasteiger partial charge in [0.1, 0.15) is 0 Å². The Kier molecular flexibility index (Phi) is 6.26. The number of nitrogens with zero attached hydrogens (tertiary/aromatic N) is 1. The van der Waals surface area contributed by atoms with E-state index in [0.717, 1.165) is 0 Å². The lowest BCUT2D eigenvalue weighted by atomic mass is 10.2. The van der Waals surface area contributed by atoms with Crippen molar-refractivity contribution in [1.82, 2.24) is 9.78 Å². The van der Waals surface area contributed by atoms with Gasteiger partial charge in [-0.1, -0.05) is 81.4 Å². The average molecular weight is 411 g/mol. The molecule has 0 saturated heterocycles. The molecule has 0 spiro atoms. The molecule has 154 valence electrons. The molecule has 5 nitrogen and oxygen atoms in total. The highest BCUT2D eigenvalue weighted by Crippen LogP contribution is 2.37. The molecule has 1 atom stereocenters. The molecule has 0 aliphatic heterocycles. The highest BCUT2D eigenvalue weighted by atomic mass is 28.4. The van der Waals surface area contributed by atoms with E-state index in [1.807, 2.05) is 19.1 Å². The molecule has 0 saturated carbocycles. The van der Waals surface area contributed by atoms with Gasteiger partial charge in [0.25, 0.3) is 13.9 Å². The predicted octanol–water partition coefficient (Wildman–Crippen LogP) is 2.63. The van der Waals surface area contributed by atoms with Crippen LogP contribution in [0.2, 0.25) is 5.04 Å². The van der Waals surface area contributed by atoms with Crippen molar-refractivity contribution >= 4 is 18.7 Å². The summed E-state index contributed by atoms with van der Waals surface area (Å²) < 4.78 is 8.69. The molecule has 0 aliphatic carbocycles. The second-order valence-electron chi connectivity index (χ2n) is 8.47. The van der Waals surface area contributed by atoms with Crippen molar-refractivity contribution in [3.63, 3.8) is 0 Å². The smallest absolute Gasteiger partial charge is 0.264 e. The van der Waals surface area contributed by atoms with Crippen LogP contribution in [0.1, 0.15) is 33.4 Å². The van der Waals surface area contributed by atoms with E-state index in [1.54, 1.807) is 4.68 Å². The molecule has 0 fully saturated rings. The van der Waals surface area contributed by atoms with Crippen LogP contribution in [-0.4, -0.2) is 29.3 Å². The first kappa shape index (κ1) is 21.3. The molecular weight excluding hydrogens is 380 g/mol. The van der Waals surface area contributed by atoms with E-state index in [9.17, 15) is 9.90 Å². The normalized spacial score (nSPS) is 13.4. The number of aliphatic hydroxyl groups excluding tert-OH is 1. The molecule has 2 aromatic carbocycles. The zero-order chi connectivity index (χ0) is 21.1. The van der Waals surface area contributed by atoms with Gasteiger partial charge in [0.2, 0.25) is 0 Å². The van der Waals surface area contributed by atoms with E-state index >= 15 is 0 Å². The van der Waals surface area contributed by atoms with Crippen LogP contribution in [0.4, 0.5) is 0 Å². The first-order valence-corrected chi connectivity index (χ1v) is 11.9. The van der Waals surface area contributed by atoms with Gasteiger partial charge >= 0.3 is 0 Å². The molecule has 0 bridgehead atoms. The first-order chi connectivity index (χ1) is 13.8. The summed E-state index contributed by atoms with van der Waals surface area (Å²) in [5.74, 6) is 0. The maximum Gasteiger partial charge on any atom is 0.264 e. The van der Waals surface area contributed by atoms with Gasteiger partial charge in [-0.3, -0.25) is 14.6 Å². The second-order valence-corrected chi connectivity index (χ2v) is 12.7. The zero-order valence-electron chi connectivity index (χ0n) is 17.6. The summed E-state index contributed by atoms with van der Waals surface area (Å²) in [5.41, 5.74) is 0.347. The second kappa shape index (κ2) is 8.53. The van der Waals surface area contributed by atoms with Gasteiger partial charge in [-0.15, -0.1) is 0 Å². The summed E-state index contributed by atoms with van der Waals surface area (Å²) in [5, 5.41) is 14.6. The summed E-state index contributed by atoms with van der Waals surface area (Å²) >= 11 is 0. The fraction of sp³-hybridized carbons (Fsp3) is 0.348. The first-order valence-electron chi connectivity index (χ1n) is 9.96. The third-order valence-corrected chi connectivity index (χ3v) is 10.4. The highest BCUT2D eigenvalue weighted by molar-refractivity contribution is 6.99. The molecule has 6 heteroatoms. The van der Waals surface area contributed by atoms with Gasteiger partial charge in [-0.05, 0) is 22.3 Å². The summed E-state index contributed by atoms with van der Waals surface area (Å²) in [7, 11) is -2.65. The Morgan fingerprint density at radius 3 is 2.00 bits per heavy atom. The van der Waals surface area contributed by atoms with Gasteiger partial charge < -0.3 is 9.53 Å². The van der Waals surface area contributed by atoms with Crippen molar-refractivity contribution in [3.05, 3.63) is 82.8 Å². The molecular formula is C23H30N2O3Si. The Morgan fingerprint density at radius 2 is 1.55 bits per heavy atom. The van der Waals surface area contributed by atoms with Crippen LogP contribution < -0.4 is 15.9 Å². The van der Waals surface area contributed by atoms with Crippen LogP contribution in [0.15, 0.2) is 71.5 Å². The van der Waals surface area contributed by atoms with Crippen LogP contribution >= 0.6 is 0 Å². The largest absolute Gasteiger partial charge is 0.403 e. The topological polar surface area (TPSA) is 67.2 Å². The van der Waals surface area contributed by atoms with Crippen LogP contribution in [0.5, 0.6) is 0 Å². The summed E-state index contributed by atoms with van der Waals surface area (Å²) in [6.45, 7) is 9.01. The summed E-state index contributed by atoms with van der Waals surface area (Å²) in [6, 6.07) is 22.4. The molecule has 1 heterocycles. The Bertz CT molecular complexity index is 935. The minimum atomic E-state index is -2.65. The molecule has 0 aliphatic rings. The number of nitrogens with one attached hydrogen (secondary N) is 1. The lowest BCUT2D eigenvalue weighted by Gasteiger charge is -2.44. The number of benzene rings is 2. The van der Waals surface area contributed by atoms with Gasteiger partial charge in [-0.25, -0.2) is 0 Å². The van der Waals surface area contributed by atoms with Crippen LogP contribution in [0, 0.1) is 0 Å². The van der Waals surface area contributed by atoms with E-state index in [1.165, 1.54) is 16.4 Å². The molecule has 1 aromatic heterocycles. The molecule has 0 unspecified atom stereocenters. The fourth-order valence-corrected chi connectivity index (χ4v) is 8.74. The van der Waals surface area contributed by atoms with Crippen molar-refractivity contribution in [2.45, 2.75) is 52.0 Å². The predicted molar refractivity (Wildman–Crippen MR) is 119 cm³/mol.